The Labute approximate surface area is 124 Å². The Balaban J connectivity index is 2.49. The molecule has 1 rings (SSSR count). The molecule has 1 aliphatic carbocycles. The molecule has 0 amide bonds. The van der Waals surface area contributed by atoms with Gasteiger partial charge in [0.25, 0.3) is 0 Å². The standard InChI is InChI=1S/C17H32O3/c1-6-16(4,5)15(18)20-14-11-9-13(10-12-14)17(19,7-2)8-3/h13-14,19H,6-12H2,1-5H3. The number of carbonyl (C=O) groups is 1. The van der Waals surface area contributed by atoms with Crippen molar-refractivity contribution in [2.45, 2.75) is 91.3 Å². The van der Waals surface area contributed by atoms with Gasteiger partial charge in [0.15, 0.2) is 0 Å². The van der Waals surface area contributed by atoms with Gasteiger partial charge in [-0.15, -0.1) is 0 Å². The molecule has 3 nitrogen and oxygen atoms in total. The predicted molar refractivity (Wildman–Crippen MR) is 81.4 cm³/mol. The van der Waals surface area contributed by atoms with Crippen LogP contribution >= 0.6 is 0 Å². The van der Waals surface area contributed by atoms with E-state index in [1.165, 1.54) is 0 Å². The molecule has 0 radical (unpaired) electrons. The van der Waals surface area contributed by atoms with Crippen LogP contribution in [0.15, 0.2) is 0 Å². The number of ether oxygens (including phenoxy) is 1. The van der Waals surface area contributed by atoms with Crippen LogP contribution in [0.1, 0.15) is 79.6 Å². The average molecular weight is 284 g/mol. The third kappa shape index (κ3) is 3.97. The lowest BCUT2D eigenvalue weighted by Crippen LogP contribution is -2.41. The second-order valence-electron chi connectivity index (χ2n) is 6.93. The Kier molecular flexibility index (Phi) is 6.06. The van der Waals surface area contributed by atoms with E-state index in [9.17, 15) is 9.90 Å². The Morgan fingerprint density at radius 1 is 1.05 bits per heavy atom. The predicted octanol–water partition coefficient (Wildman–Crippen LogP) is 4.08. The van der Waals surface area contributed by atoms with Gasteiger partial charge in [-0.05, 0) is 64.7 Å². The highest BCUT2D eigenvalue weighted by atomic mass is 16.5. The first-order chi connectivity index (χ1) is 9.29. The van der Waals surface area contributed by atoms with Gasteiger partial charge in [0, 0.05) is 0 Å². The molecule has 0 heterocycles. The summed E-state index contributed by atoms with van der Waals surface area (Å²) in [6.07, 6.45) is 6.15. The molecule has 1 saturated carbocycles. The highest BCUT2D eigenvalue weighted by Gasteiger charge is 2.38. The normalized spacial score (nSPS) is 24.5. The molecule has 0 aromatic carbocycles. The Hall–Kier alpha value is -0.570. The maximum absolute atomic E-state index is 12.1. The molecule has 1 aliphatic rings. The summed E-state index contributed by atoms with van der Waals surface area (Å²) in [6.45, 7) is 10.0. The summed E-state index contributed by atoms with van der Waals surface area (Å²) in [7, 11) is 0. The van der Waals surface area contributed by atoms with E-state index in [0.29, 0.717) is 5.92 Å². The van der Waals surface area contributed by atoms with Crippen LogP contribution in [0.4, 0.5) is 0 Å². The molecule has 0 bridgehead atoms. The Bertz CT molecular complexity index is 310. The zero-order chi connectivity index (χ0) is 15.4. The van der Waals surface area contributed by atoms with Crippen LogP contribution in [0.3, 0.4) is 0 Å². The van der Waals surface area contributed by atoms with Crippen molar-refractivity contribution in [1.82, 2.24) is 0 Å². The van der Waals surface area contributed by atoms with E-state index in [4.69, 9.17) is 4.74 Å². The van der Waals surface area contributed by atoms with Crippen molar-refractivity contribution in [2.75, 3.05) is 0 Å². The second-order valence-corrected chi connectivity index (χ2v) is 6.93. The number of carbonyl (C=O) groups excluding carboxylic acids is 1. The first kappa shape index (κ1) is 17.5. The molecule has 0 saturated heterocycles. The molecule has 20 heavy (non-hydrogen) atoms. The average Bonchev–Trinajstić information content (AvgIpc) is 2.47. The Morgan fingerprint density at radius 2 is 1.55 bits per heavy atom. The number of rotatable bonds is 6. The van der Waals surface area contributed by atoms with Crippen molar-refractivity contribution in [3.63, 3.8) is 0 Å². The van der Waals surface area contributed by atoms with Crippen molar-refractivity contribution in [3.8, 4) is 0 Å². The van der Waals surface area contributed by atoms with Crippen LogP contribution in [0.5, 0.6) is 0 Å². The third-order valence-electron chi connectivity index (χ3n) is 5.37. The SMILES string of the molecule is CCC(C)(C)C(=O)OC1CCC(C(O)(CC)CC)CC1. The summed E-state index contributed by atoms with van der Waals surface area (Å²) < 4.78 is 5.65. The van der Waals surface area contributed by atoms with Gasteiger partial charge in [-0.3, -0.25) is 4.79 Å². The van der Waals surface area contributed by atoms with Crippen LogP contribution in [-0.2, 0) is 9.53 Å². The van der Waals surface area contributed by atoms with Gasteiger partial charge < -0.3 is 9.84 Å². The van der Waals surface area contributed by atoms with Crippen molar-refractivity contribution >= 4 is 5.97 Å². The number of hydrogen-bond donors (Lipinski definition) is 1. The van der Waals surface area contributed by atoms with Gasteiger partial charge >= 0.3 is 5.97 Å². The van der Waals surface area contributed by atoms with Gasteiger partial charge in [-0.25, -0.2) is 0 Å². The molecule has 0 atom stereocenters. The lowest BCUT2D eigenvalue weighted by molar-refractivity contribution is -0.163. The van der Waals surface area contributed by atoms with Crippen molar-refractivity contribution in [2.24, 2.45) is 11.3 Å². The summed E-state index contributed by atoms with van der Waals surface area (Å²) >= 11 is 0. The van der Waals surface area contributed by atoms with Crippen LogP contribution in [0.25, 0.3) is 0 Å². The minimum atomic E-state index is -0.530. The minimum Gasteiger partial charge on any atom is -0.462 e. The molecule has 0 spiro atoms. The number of aliphatic hydroxyl groups is 1. The van der Waals surface area contributed by atoms with Crippen molar-refractivity contribution in [1.29, 1.82) is 0 Å². The van der Waals surface area contributed by atoms with Gasteiger partial charge in [0.1, 0.15) is 6.10 Å². The third-order valence-corrected chi connectivity index (χ3v) is 5.37. The fraction of sp³-hybridized carbons (Fsp3) is 0.941. The second kappa shape index (κ2) is 6.93. The highest BCUT2D eigenvalue weighted by Crippen LogP contribution is 2.38. The summed E-state index contributed by atoms with van der Waals surface area (Å²) in [4.78, 5) is 12.1. The van der Waals surface area contributed by atoms with Crippen molar-refractivity contribution < 1.29 is 14.6 Å². The molecular formula is C17H32O3. The van der Waals surface area contributed by atoms with Crippen LogP contribution in [0.2, 0.25) is 0 Å². The van der Waals surface area contributed by atoms with Crippen LogP contribution in [-0.4, -0.2) is 22.8 Å². The van der Waals surface area contributed by atoms with Crippen LogP contribution < -0.4 is 0 Å². The topological polar surface area (TPSA) is 46.5 Å². The van der Waals surface area contributed by atoms with E-state index in [1.54, 1.807) is 0 Å². The molecule has 0 aromatic rings. The van der Waals surface area contributed by atoms with E-state index >= 15 is 0 Å². The molecule has 1 fully saturated rings. The lowest BCUT2D eigenvalue weighted by atomic mass is 9.73. The van der Waals surface area contributed by atoms with E-state index in [1.807, 2.05) is 20.8 Å². The zero-order valence-electron chi connectivity index (χ0n) is 13.9. The minimum absolute atomic E-state index is 0.0440. The highest BCUT2D eigenvalue weighted by molar-refractivity contribution is 5.75. The maximum atomic E-state index is 12.1. The molecule has 0 aromatic heterocycles. The molecule has 0 aliphatic heterocycles. The lowest BCUT2D eigenvalue weighted by Gasteiger charge is -2.39. The van der Waals surface area contributed by atoms with E-state index < -0.39 is 5.60 Å². The summed E-state index contributed by atoms with van der Waals surface area (Å²) in [6, 6.07) is 0. The fourth-order valence-electron chi connectivity index (χ4n) is 3.00. The van der Waals surface area contributed by atoms with Crippen molar-refractivity contribution in [3.05, 3.63) is 0 Å². The largest absolute Gasteiger partial charge is 0.462 e. The van der Waals surface area contributed by atoms with E-state index in [-0.39, 0.29) is 17.5 Å². The summed E-state index contributed by atoms with van der Waals surface area (Å²) in [5.41, 5.74) is -0.915. The van der Waals surface area contributed by atoms with Gasteiger partial charge in [-0.1, -0.05) is 20.8 Å². The molecule has 1 N–H and O–H groups in total. The first-order valence-corrected chi connectivity index (χ1v) is 8.22. The monoisotopic (exact) mass is 284 g/mol. The quantitative estimate of drug-likeness (QED) is 0.748. The van der Waals surface area contributed by atoms with Gasteiger partial charge in [0.05, 0.1) is 11.0 Å². The Morgan fingerprint density at radius 3 is 1.95 bits per heavy atom. The first-order valence-electron chi connectivity index (χ1n) is 8.22. The summed E-state index contributed by atoms with van der Waals surface area (Å²) in [5.74, 6) is 0.274. The number of hydrogen-bond acceptors (Lipinski definition) is 3. The van der Waals surface area contributed by atoms with Gasteiger partial charge in [-0.2, -0.15) is 0 Å². The van der Waals surface area contributed by atoms with E-state index in [0.717, 1.165) is 44.9 Å². The molecular weight excluding hydrogens is 252 g/mol. The smallest absolute Gasteiger partial charge is 0.311 e. The van der Waals surface area contributed by atoms with E-state index in [2.05, 4.69) is 13.8 Å². The zero-order valence-corrected chi connectivity index (χ0v) is 13.9. The molecule has 3 heteroatoms. The van der Waals surface area contributed by atoms with Crippen LogP contribution in [0, 0.1) is 11.3 Å². The molecule has 0 unspecified atom stereocenters. The summed E-state index contributed by atoms with van der Waals surface area (Å²) in [5, 5.41) is 10.6. The molecule has 118 valence electrons. The fourth-order valence-corrected chi connectivity index (χ4v) is 3.00. The maximum Gasteiger partial charge on any atom is 0.311 e. The van der Waals surface area contributed by atoms with Gasteiger partial charge in [0.2, 0.25) is 0 Å². The number of esters is 1.